The molecule has 2 N–H and O–H groups in total. The van der Waals surface area contributed by atoms with Crippen LogP contribution in [0.25, 0.3) is 0 Å². The van der Waals surface area contributed by atoms with E-state index in [4.69, 9.17) is 33.7 Å². The summed E-state index contributed by atoms with van der Waals surface area (Å²) >= 11 is 0. The first-order valence-corrected chi connectivity index (χ1v) is 13.6. The van der Waals surface area contributed by atoms with Crippen LogP contribution in [0.5, 0.6) is 0 Å². The quantitative estimate of drug-likeness (QED) is 0.184. The van der Waals surface area contributed by atoms with Crippen LogP contribution in [0.1, 0.15) is 46.6 Å². The molecule has 0 spiro atoms. The number of nitrogens with two attached hydrogens (primary N) is 1. The van der Waals surface area contributed by atoms with Crippen molar-refractivity contribution < 1.29 is 46.9 Å². The summed E-state index contributed by atoms with van der Waals surface area (Å²) in [7, 11) is -3.45. The number of ether oxygens (including phenoxy) is 4. The molecule has 0 unspecified atom stereocenters. The molecule has 202 valence electrons. The van der Waals surface area contributed by atoms with Gasteiger partial charge >= 0.3 is 25.5 Å². The lowest BCUT2D eigenvalue weighted by molar-refractivity contribution is -0.246. The van der Waals surface area contributed by atoms with Crippen molar-refractivity contribution in [1.29, 1.82) is 0 Å². The highest BCUT2D eigenvalue weighted by atomic mass is 31.2. The average Bonchev–Trinajstić information content (AvgIpc) is 2.77. The van der Waals surface area contributed by atoms with Crippen LogP contribution >= 0.6 is 7.60 Å². The highest BCUT2D eigenvalue weighted by Gasteiger charge is 2.51. The van der Waals surface area contributed by atoms with Crippen LogP contribution in [0.4, 0.5) is 5.69 Å². The maximum Gasteiger partial charge on any atom is 0.330 e. The number of hydrogen-bond acceptors (Lipinski definition) is 11. The summed E-state index contributed by atoms with van der Waals surface area (Å²) < 4.78 is 46.7. The van der Waals surface area contributed by atoms with Crippen molar-refractivity contribution in [3.8, 4) is 0 Å². The molecule has 1 fully saturated rings. The molecular formula is C24H36NO10P. The lowest BCUT2D eigenvalue weighted by Crippen LogP contribution is -2.61. The third-order valence-corrected chi connectivity index (χ3v) is 7.50. The van der Waals surface area contributed by atoms with Crippen LogP contribution in [-0.2, 0) is 53.4 Å². The second kappa shape index (κ2) is 13.7. The van der Waals surface area contributed by atoms with Gasteiger partial charge in [-0.1, -0.05) is 12.1 Å². The third kappa shape index (κ3) is 8.89. The molecular weight excluding hydrogens is 493 g/mol. The third-order valence-electron chi connectivity index (χ3n) is 5.39. The highest BCUT2D eigenvalue weighted by Crippen LogP contribution is 2.49. The maximum absolute atomic E-state index is 13.1. The van der Waals surface area contributed by atoms with E-state index >= 15 is 0 Å². The molecule has 0 bridgehead atoms. The Kier molecular flexibility index (Phi) is 11.4. The minimum absolute atomic E-state index is 0.0310. The fourth-order valence-corrected chi connectivity index (χ4v) is 5.80. The van der Waals surface area contributed by atoms with E-state index in [2.05, 4.69) is 0 Å². The molecule has 1 aromatic rings. The molecule has 36 heavy (non-hydrogen) atoms. The molecule has 0 aromatic heterocycles. The van der Waals surface area contributed by atoms with Gasteiger partial charge in [-0.3, -0.25) is 18.9 Å². The van der Waals surface area contributed by atoms with Crippen molar-refractivity contribution in [2.75, 3.05) is 25.1 Å². The summed E-state index contributed by atoms with van der Waals surface area (Å²) in [5, 5.41) is 0. The number of carbonyl (C=O) groups excluding carboxylic acids is 3. The average molecular weight is 530 g/mol. The second-order valence-corrected chi connectivity index (χ2v) is 10.5. The lowest BCUT2D eigenvalue weighted by Gasteiger charge is -2.45. The lowest BCUT2D eigenvalue weighted by atomic mass is 9.89. The Hall–Kier alpha value is -2.46. The number of benzene rings is 1. The predicted octanol–water partition coefficient (Wildman–Crippen LogP) is 3.03. The minimum atomic E-state index is -3.45. The summed E-state index contributed by atoms with van der Waals surface area (Å²) in [5.41, 5.74) is 7.19. The Morgan fingerprint density at radius 2 is 1.31 bits per heavy atom. The number of nitrogen functional groups attached to an aromatic ring is 1. The zero-order valence-electron chi connectivity index (χ0n) is 21.3. The SMILES string of the molecule is CCOP(=O)(CC[C@H]1O[C@H](Cc2ccc(N)cc2)[C@@H](OC(C)=O)[C@@H](OC(C)=O)[C@@H]1OC(C)=O)OCC. The fourth-order valence-electron chi connectivity index (χ4n) is 4.11. The van der Waals surface area contributed by atoms with Gasteiger partial charge in [-0.25, -0.2) is 0 Å². The van der Waals surface area contributed by atoms with Crippen LogP contribution in [0.2, 0.25) is 0 Å². The minimum Gasteiger partial charge on any atom is -0.456 e. The molecule has 5 atom stereocenters. The van der Waals surface area contributed by atoms with Crippen LogP contribution in [0.15, 0.2) is 24.3 Å². The first-order valence-electron chi connectivity index (χ1n) is 11.9. The van der Waals surface area contributed by atoms with Gasteiger partial charge in [0, 0.05) is 32.9 Å². The van der Waals surface area contributed by atoms with Gasteiger partial charge in [-0.2, -0.15) is 0 Å². The molecule has 1 aliphatic heterocycles. The molecule has 0 saturated carbocycles. The van der Waals surface area contributed by atoms with Crippen LogP contribution in [0, 0.1) is 0 Å². The van der Waals surface area contributed by atoms with Crippen LogP contribution < -0.4 is 5.73 Å². The van der Waals surface area contributed by atoms with Crippen molar-refractivity contribution in [1.82, 2.24) is 0 Å². The van der Waals surface area contributed by atoms with E-state index in [0.717, 1.165) is 5.56 Å². The van der Waals surface area contributed by atoms with E-state index < -0.39 is 56.0 Å². The summed E-state index contributed by atoms with van der Waals surface area (Å²) in [6.45, 7) is 7.39. The topological polar surface area (TPSA) is 150 Å². The van der Waals surface area contributed by atoms with E-state index in [1.165, 1.54) is 20.8 Å². The molecule has 1 saturated heterocycles. The van der Waals surface area contributed by atoms with E-state index in [1.807, 2.05) is 0 Å². The predicted molar refractivity (Wildman–Crippen MR) is 130 cm³/mol. The molecule has 2 rings (SSSR count). The standard InChI is InChI=1S/C24H36NO10P/c1-6-30-36(29,31-7-2)13-12-20-22(32-15(3)26)24(34-17(5)28)23(33-16(4)27)21(35-20)14-18-8-10-19(25)11-9-18/h8-11,20-24H,6-7,12-14,25H2,1-5H3/t20-,21-,22-,23-,24+/m1/s1. The Morgan fingerprint density at radius 3 is 1.78 bits per heavy atom. The highest BCUT2D eigenvalue weighted by molar-refractivity contribution is 7.53. The summed E-state index contributed by atoms with van der Waals surface area (Å²) in [6.07, 6.45) is -4.67. The number of rotatable bonds is 12. The van der Waals surface area contributed by atoms with Gasteiger partial charge in [0.2, 0.25) is 0 Å². The van der Waals surface area contributed by atoms with Crippen molar-refractivity contribution in [3.05, 3.63) is 29.8 Å². The zero-order chi connectivity index (χ0) is 26.9. The molecule has 12 heteroatoms. The number of anilines is 1. The van der Waals surface area contributed by atoms with Crippen molar-refractivity contribution in [2.24, 2.45) is 0 Å². The summed E-state index contributed by atoms with van der Waals surface area (Å²) in [6, 6.07) is 7.05. The molecule has 0 aliphatic carbocycles. The number of carbonyl (C=O) groups is 3. The first-order chi connectivity index (χ1) is 17.0. The van der Waals surface area contributed by atoms with Gasteiger partial charge in [-0.15, -0.1) is 0 Å². The smallest absolute Gasteiger partial charge is 0.330 e. The number of esters is 3. The molecule has 1 heterocycles. The van der Waals surface area contributed by atoms with Gasteiger partial charge in [-0.05, 0) is 38.0 Å². The van der Waals surface area contributed by atoms with Crippen molar-refractivity contribution >= 4 is 31.2 Å². The van der Waals surface area contributed by atoms with E-state index in [9.17, 15) is 18.9 Å². The van der Waals surface area contributed by atoms with Gasteiger partial charge < -0.3 is 33.7 Å². The molecule has 1 aromatic carbocycles. The van der Waals surface area contributed by atoms with E-state index in [-0.39, 0.29) is 32.2 Å². The largest absolute Gasteiger partial charge is 0.456 e. The van der Waals surface area contributed by atoms with Crippen molar-refractivity contribution in [2.45, 2.75) is 78.0 Å². The van der Waals surface area contributed by atoms with Gasteiger partial charge in [0.25, 0.3) is 0 Å². The van der Waals surface area contributed by atoms with Crippen LogP contribution in [-0.4, -0.2) is 67.8 Å². The molecule has 11 nitrogen and oxygen atoms in total. The normalized spacial score (nSPS) is 24.1. The van der Waals surface area contributed by atoms with Gasteiger partial charge in [0.15, 0.2) is 18.3 Å². The molecule has 0 amide bonds. The first kappa shape index (κ1) is 29.8. The maximum atomic E-state index is 13.1. The van der Waals surface area contributed by atoms with Gasteiger partial charge in [0.05, 0.1) is 25.5 Å². The van der Waals surface area contributed by atoms with Crippen LogP contribution in [0.3, 0.4) is 0 Å². The molecule has 1 aliphatic rings. The fraction of sp³-hybridized carbons (Fsp3) is 0.625. The van der Waals surface area contributed by atoms with E-state index in [0.29, 0.717) is 5.69 Å². The Morgan fingerprint density at radius 1 is 0.833 bits per heavy atom. The summed E-state index contributed by atoms with van der Waals surface area (Å²) in [5.74, 6) is -1.93. The molecule has 0 radical (unpaired) electrons. The van der Waals surface area contributed by atoms with E-state index in [1.54, 1.807) is 38.1 Å². The summed E-state index contributed by atoms with van der Waals surface area (Å²) in [4.78, 5) is 36.0. The van der Waals surface area contributed by atoms with Crippen molar-refractivity contribution in [3.63, 3.8) is 0 Å². The Bertz CT molecular complexity index is 927. The monoisotopic (exact) mass is 529 g/mol. The second-order valence-electron chi connectivity index (χ2n) is 8.34. The zero-order valence-corrected chi connectivity index (χ0v) is 22.2. The van der Waals surface area contributed by atoms with Gasteiger partial charge in [0.1, 0.15) is 6.10 Å². The Labute approximate surface area is 211 Å². The number of hydrogen-bond donors (Lipinski definition) is 1. The Balaban J connectivity index is 2.45.